The fraction of sp³-hybridized carbons (Fsp3) is 0.0455. The van der Waals surface area contributed by atoms with E-state index in [0.717, 1.165) is 11.1 Å². The number of esters is 2. The van der Waals surface area contributed by atoms with Gasteiger partial charge in [0.1, 0.15) is 6.54 Å². The molecule has 0 bridgehead atoms. The summed E-state index contributed by atoms with van der Waals surface area (Å²) in [5.74, 6) is -1.37. The van der Waals surface area contributed by atoms with Gasteiger partial charge in [-0.1, -0.05) is 78.9 Å². The molecule has 3 rings (SSSR count). The Morgan fingerprint density at radius 2 is 1.08 bits per heavy atom. The lowest BCUT2D eigenvalue weighted by atomic mass is 10.0. The number of aliphatic imine (C=N–C) groups is 1. The third-order valence-electron chi connectivity index (χ3n) is 3.68. The lowest BCUT2D eigenvalue weighted by Crippen LogP contribution is -2.16. The minimum absolute atomic E-state index is 0.238. The van der Waals surface area contributed by atoms with E-state index in [0.29, 0.717) is 11.3 Å². The second kappa shape index (κ2) is 8.53. The predicted molar refractivity (Wildman–Crippen MR) is 100 cm³/mol. The Hall–Kier alpha value is -3.53. The average molecular weight is 343 g/mol. The first-order valence-corrected chi connectivity index (χ1v) is 8.19. The Balaban J connectivity index is 1.76. The van der Waals surface area contributed by atoms with Crippen LogP contribution >= 0.6 is 0 Å². The van der Waals surface area contributed by atoms with Gasteiger partial charge in [0.2, 0.25) is 0 Å². The highest BCUT2D eigenvalue weighted by Gasteiger charge is 2.13. The number of carbonyl (C=O) groups is 2. The van der Waals surface area contributed by atoms with Gasteiger partial charge >= 0.3 is 11.9 Å². The number of hydrogen-bond acceptors (Lipinski definition) is 4. The van der Waals surface area contributed by atoms with E-state index in [1.807, 2.05) is 60.7 Å². The fourth-order valence-corrected chi connectivity index (χ4v) is 2.45. The predicted octanol–water partition coefficient (Wildman–Crippen LogP) is 3.91. The highest BCUT2D eigenvalue weighted by Crippen LogP contribution is 2.11. The average Bonchev–Trinajstić information content (AvgIpc) is 2.70. The number of benzene rings is 3. The second-order valence-corrected chi connectivity index (χ2v) is 5.52. The summed E-state index contributed by atoms with van der Waals surface area (Å²) in [6.07, 6.45) is 0. The van der Waals surface area contributed by atoms with E-state index in [1.165, 1.54) is 0 Å². The van der Waals surface area contributed by atoms with Crippen molar-refractivity contribution in [1.82, 2.24) is 0 Å². The van der Waals surface area contributed by atoms with Crippen molar-refractivity contribution >= 4 is 17.7 Å². The number of ether oxygens (including phenoxy) is 1. The molecule has 0 spiro atoms. The smallest absolute Gasteiger partial charge is 0.345 e. The summed E-state index contributed by atoms with van der Waals surface area (Å²) in [5, 5.41) is 0. The van der Waals surface area contributed by atoms with Crippen LogP contribution in [0, 0.1) is 0 Å². The first-order valence-electron chi connectivity index (χ1n) is 8.19. The van der Waals surface area contributed by atoms with Crippen LogP contribution in [0.2, 0.25) is 0 Å². The molecule has 0 N–H and O–H groups in total. The van der Waals surface area contributed by atoms with Crippen molar-refractivity contribution in [3.63, 3.8) is 0 Å². The standard InChI is InChI=1S/C22H17NO3/c24-20(26-22(25)19-14-8-3-9-15-19)16-23-21(17-10-4-1-5-11-17)18-12-6-2-7-13-18/h1-15H,16H2. The van der Waals surface area contributed by atoms with Crippen molar-refractivity contribution in [2.45, 2.75) is 0 Å². The third kappa shape index (κ3) is 4.51. The molecule has 0 aliphatic carbocycles. The molecule has 0 amide bonds. The molecule has 4 heteroatoms. The number of hydrogen-bond donors (Lipinski definition) is 0. The van der Waals surface area contributed by atoms with Crippen molar-refractivity contribution in [2.24, 2.45) is 4.99 Å². The maximum Gasteiger partial charge on any atom is 0.345 e. The molecule has 3 aromatic rings. The third-order valence-corrected chi connectivity index (χ3v) is 3.68. The molecule has 0 saturated carbocycles. The van der Waals surface area contributed by atoms with Crippen molar-refractivity contribution in [1.29, 1.82) is 0 Å². The van der Waals surface area contributed by atoms with Gasteiger partial charge in [-0.05, 0) is 12.1 Å². The van der Waals surface area contributed by atoms with Crippen molar-refractivity contribution in [2.75, 3.05) is 6.54 Å². The van der Waals surface area contributed by atoms with Gasteiger partial charge in [-0.25, -0.2) is 9.59 Å². The quantitative estimate of drug-likeness (QED) is 0.401. The zero-order chi connectivity index (χ0) is 18.2. The van der Waals surface area contributed by atoms with Gasteiger partial charge in [0, 0.05) is 11.1 Å². The summed E-state index contributed by atoms with van der Waals surface area (Å²) in [5.41, 5.74) is 2.79. The molecule has 0 aliphatic rings. The SMILES string of the molecule is O=C(CN=C(c1ccccc1)c1ccccc1)OC(=O)c1ccccc1. The van der Waals surface area contributed by atoms with E-state index in [2.05, 4.69) is 4.99 Å². The van der Waals surface area contributed by atoms with Gasteiger partial charge in [-0.3, -0.25) is 4.99 Å². The minimum atomic E-state index is -0.691. The Labute approximate surface area is 151 Å². The molecule has 0 aromatic heterocycles. The summed E-state index contributed by atoms with van der Waals surface area (Å²) >= 11 is 0. The summed E-state index contributed by atoms with van der Waals surface area (Å²) in [4.78, 5) is 28.4. The molecule has 0 saturated heterocycles. The second-order valence-electron chi connectivity index (χ2n) is 5.52. The molecule has 0 aliphatic heterocycles. The van der Waals surface area contributed by atoms with Crippen molar-refractivity contribution in [3.8, 4) is 0 Å². The van der Waals surface area contributed by atoms with Crippen LogP contribution in [0.3, 0.4) is 0 Å². The van der Waals surface area contributed by atoms with Crippen LogP contribution in [0.5, 0.6) is 0 Å². The molecule has 26 heavy (non-hydrogen) atoms. The molecule has 3 aromatic carbocycles. The normalized spacial score (nSPS) is 10.0. The van der Waals surface area contributed by atoms with E-state index in [4.69, 9.17) is 4.74 Å². The minimum Gasteiger partial charge on any atom is -0.388 e. The zero-order valence-electron chi connectivity index (χ0n) is 14.0. The largest absolute Gasteiger partial charge is 0.388 e. The monoisotopic (exact) mass is 343 g/mol. The Morgan fingerprint density at radius 1 is 0.654 bits per heavy atom. The summed E-state index contributed by atoms with van der Waals surface area (Å²) in [6, 6.07) is 27.6. The molecule has 128 valence electrons. The zero-order valence-corrected chi connectivity index (χ0v) is 14.0. The van der Waals surface area contributed by atoms with Gasteiger partial charge in [-0.15, -0.1) is 0 Å². The number of rotatable bonds is 5. The topological polar surface area (TPSA) is 55.7 Å². The van der Waals surface area contributed by atoms with Crippen LogP contribution in [-0.2, 0) is 9.53 Å². The lowest BCUT2D eigenvalue weighted by Gasteiger charge is -2.07. The van der Waals surface area contributed by atoms with Crippen LogP contribution in [0.25, 0.3) is 0 Å². The maximum absolute atomic E-state index is 12.0. The molecule has 0 atom stereocenters. The van der Waals surface area contributed by atoms with Gasteiger partial charge < -0.3 is 4.74 Å². The van der Waals surface area contributed by atoms with Crippen LogP contribution < -0.4 is 0 Å². The molecule has 0 heterocycles. The van der Waals surface area contributed by atoms with Crippen LogP contribution in [0.1, 0.15) is 21.5 Å². The summed E-state index contributed by atoms with van der Waals surface area (Å²) in [6.45, 7) is -0.238. The highest BCUT2D eigenvalue weighted by molar-refractivity contribution is 6.13. The van der Waals surface area contributed by atoms with Gasteiger partial charge in [-0.2, -0.15) is 0 Å². The number of nitrogens with zero attached hydrogens (tertiary/aromatic N) is 1. The molecule has 4 nitrogen and oxygen atoms in total. The van der Waals surface area contributed by atoms with E-state index >= 15 is 0 Å². The summed E-state index contributed by atoms with van der Waals surface area (Å²) in [7, 11) is 0. The Bertz CT molecular complexity index is 862. The van der Waals surface area contributed by atoms with Crippen LogP contribution in [0.4, 0.5) is 0 Å². The molecule has 0 fully saturated rings. The highest BCUT2D eigenvalue weighted by atomic mass is 16.6. The molecular formula is C22H17NO3. The number of carbonyl (C=O) groups excluding carboxylic acids is 2. The van der Waals surface area contributed by atoms with Gasteiger partial charge in [0.05, 0.1) is 11.3 Å². The van der Waals surface area contributed by atoms with Crippen LogP contribution in [0.15, 0.2) is 96.0 Å². The van der Waals surface area contributed by atoms with E-state index < -0.39 is 11.9 Å². The van der Waals surface area contributed by atoms with Crippen molar-refractivity contribution in [3.05, 3.63) is 108 Å². The van der Waals surface area contributed by atoms with E-state index in [1.54, 1.807) is 30.3 Å². The Kier molecular flexibility index (Phi) is 5.68. The fourth-order valence-electron chi connectivity index (χ4n) is 2.45. The van der Waals surface area contributed by atoms with E-state index in [9.17, 15) is 9.59 Å². The Morgan fingerprint density at radius 3 is 1.54 bits per heavy atom. The van der Waals surface area contributed by atoms with Gasteiger partial charge in [0.15, 0.2) is 0 Å². The maximum atomic E-state index is 12.0. The molecular weight excluding hydrogens is 326 g/mol. The van der Waals surface area contributed by atoms with Crippen LogP contribution in [-0.4, -0.2) is 24.2 Å². The first kappa shape index (κ1) is 17.3. The molecule has 0 radical (unpaired) electrons. The van der Waals surface area contributed by atoms with E-state index in [-0.39, 0.29) is 6.54 Å². The first-order chi connectivity index (χ1) is 12.7. The lowest BCUT2D eigenvalue weighted by molar-refractivity contribution is -0.136. The molecule has 0 unspecified atom stereocenters. The summed E-state index contributed by atoms with van der Waals surface area (Å²) < 4.78 is 4.87. The van der Waals surface area contributed by atoms with Gasteiger partial charge in [0.25, 0.3) is 0 Å². The van der Waals surface area contributed by atoms with Crippen molar-refractivity contribution < 1.29 is 14.3 Å².